The summed E-state index contributed by atoms with van der Waals surface area (Å²) in [5.74, 6) is -0.727. The molecule has 10 heteroatoms. The fourth-order valence-corrected chi connectivity index (χ4v) is 4.58. The summed E-state index contributed by atoms with van der Waals surface area (Å²) in [5, 5.41) is 13.9. The molecule has 0 aliphatic rings. The Balaban J connectivity index is 1.65. The number of para-hydroxylation sites is 1. The maximum Gasteiger partial charge on any atom is 0.325 e. The topological polar surface area (TPSA) is 101 Å². The number of rotatable bonds is 10. The van der Waals surface area contributed by atoms with E-state index in [0.717, 1.165) is 11.1 Å². The molecule has 1 amide bonds. The molecular weight excluding hydrogens is 509 g/mol. The number of carbonyl (C=O) groups excluding carboxylic acids is 1. The number of carbonyl (C=O) groups is 2. The van der Waals surface area contributed by atoms with Gasteiger partial charge >= 0.3 is 5.97 Å². The van der Waals surface area contributed by atoms with E-state index in [4.69, 9.17) is 19.6 Å². The van der Waals surface area contributed by atoms with Crippen molar-refractivity contribution in [1.82, 2.24) is 10.3 Å². The van der Waals surface area contributed by atoms with Gasteiger partial charge in [-0.05, 0) is 55.0 Å². The molecule has 2 N–H and O–H groups in total. The van der Waals surface area contributed by atoms with Crippen LogP contribution in [-0.2, 0) is 11.3 Å². The van der Waals surface area contributed by atoms with Crippen LogP contribution in [0.3, 0.4) is 0 Å². The Morgan fingerprint density at radius 1 is 1.08 bits per heavy atom. The summed E-state index contributed by atoms with van der Waals surface area (Å²) in [7, 11) is 3.16. The van der Waals surface area contributed by atoms with Crippen LogP contribution in [0, 0.1) is 5.82 Å². The monoisotopic (exact) mass is 535 g/mol. The third-order valence-corrected chi connectivity index (χ3v) is 6.69. The number of nitrogens with zero attached hydrogens (tertiary/aromatic N) is 2. The second-order valence-corrected chi connectivity index (χ2v) is 9.19. The van der Waals surface area contributed by atoms with Gasteiger partial charge in [0.1, 0.15) is 23.4 Å². The van der Waals surface area contributed by atoms with Crippen molar-refractivity contribution < 1.29 is 28.6 Å². The standard InChI is InChI=1S/C28H26FN3O5S/c1-17(27(34)35)30-26(33)19-10-8-18(9-11-19)15-32(24-7-5-4-6-22(24)29)28-31-23(16-38-28)21-14-20(36-2)12-13-25(21)37-3/h4-14,16-17H,15H2,1-3H3,(H,30,33)(H,34,35). The van der Waals surface area contributed by atoms with Gasteiger partial charge in [-0.3, -0.25) is 9.59 Å². The largest absolute Gasteiger partial charge is 0.497 e. The highest BCUT2D eigenvalue weighted by Crippen LogP contribution is 2.38. The van der Waals surface area contributed by atoms with Crippen molar-refractivity contribution in [2.45, 2.75) is 19.5 Å². The van der Waals surface area contributed by atoms with Crippen molar-refractivity contribution >= 4 is 34.0 Å². The van der Waals surface area contributed by atoms with Crippen molar-refractivity contribution in [2.75, 3.05) is 19.1 Å². The summed E-state index contributed by atoms with van der Waals surface area (Å²) in [4.78, 5) is 29.9. The van der Waals surface area contributed by atoms with Crippen molar-refractivity contribution in [3.05, 3.63) is 89.1 Å². The van der Waals surface area contributed by atoms with Gasteiger partial charge in [-0.15, -0.1) is 11.3 Å². The van der Waals surface area contributed by atoms with E-state index >= 15 is 0 Å². The third kappa shape index (κ3) is 5.92. The number of nitrogens with one attached hydrogen (secondary N) is 1. The molecule has 196 valence electrons. The molecular formula is C28H26FN3O5S. The van der Waals surface area contributed by atoms with Crippen molar-refractivity contribution in [1.29, 1.82) is 0 Å². The Bertz CT molecular complexity index is 1440. The number of carboxylic acids is 1. The quantitative estimate of drug-likeness (QED) is 0.276. The third-order valence-electron chi connectivity index (χ3n) is 5.82. The Hall–Kier alpha value is -4.44. The summed E-state index contributed by atoms with van der Waals surface area (Å²) >= 11 is 1.36. The van der Waals surface area contributed by atoms with Crippen LogP contribution in [0.25, 0.3) is 11.3 Å². The lowest BCUT2D eigenvalue weighted by molar-refractivity contribution is -0.138. The van der Waals surface area contributed by atoms with Crippen LogP contribution < -0.4 is 19.7 Å². The highest BCUT2D eigenvalue weighted by Gasteiger charge is 2.20. The zero-order valence-corrected chi connectivity index (χ0v) is 21.8. The average Bonchev–Trinajstić information content (AvgIpc) is 3.42. The number of thiazole rings is 1. The molecule has 0 saturated heterocycles. The van der Waals surface area contributed by atoms with Crippen molar-refractivity contribution in [3.63, 3.8) is 0 Å². The lowest BCUT2D eigenvalue weighted by Gasteiger charge is -2.23. The van der Waals surface area contributed by atoms with Gasteiger partial charge in [0.2, 0.25) is 0 Å². The van der Waals surface area contributed by atoms with Gasteiger partial charge in [-0.25, -0.2) is 9.37 Å². The predicted molar refractivity (Wildman–Crippen MR) is 144 cm³/mol. The summed E-state index contributed by atoms with van der Waals surface area (Å²) in [6, 6.07) is 17.6. The molecule has 0 aliphatic heterocycles. The first-order valence-electron chi connectivity index (χ1n) is 11.6. The zero-order chi connectivity index (χ0) is 27.2. The number of aliphatic carboxylic acids is 1. The summed E-state index contributed by atoms with van der Waals surface area (Å²) in [6.45, 7) is 1.67. The van der Waals surface area contributed by atoms with Crippen LogP contribution in [0.1, 0.15) is 22.8 Å². The summed E-state index contributed by atoms with van der Waals surface area (Å²) in [6.07, 6.45) is 0. The van der Waals surface area contributed by atoms with Crippen LogP contribution >= 0.6 is 11.3 Å². The normalized spacial score (nSPS) is 11.5. The maximum atomic E-state index is 14.9. The first kappa shape index (κ1) is 26.6. The minimum absolute atomic E-state index is 0.274. The molecule has 4 rings (SSSR count). The molecule has 0 fully saturated rings. The van der Waals surface area contributed by atoms with Gasteiger partial charge in [-0.1, -0.05) is 24.3 Å². The summed E-state index contributed by atoms with van der Waals surface area (Å²) < 4.78 is 25.8. The van der Waals surface area contributed by atoms with Gasteiger partial charge in [-0.2, -0.15) is 0 Å². The molecule has 1 unspecified atom stereocenters. The number of hydrogen-bond acceptors (Lipinski definition) is 7. The second kappa shape index (κ2) is 11.7. The lowest BCUT2D eigenvalue weighted by Crippen LogP contribution is -2.38. The minimum atomic E-state index is -1.12. The maximum absolute atomic E-state index is 14.9. The van der Waals surface area contributed by atoms with Gasteiger partial charge in [0.15, 0.2) is 5.13 Å². The van der Waals surface area contributed by atoms with Crippen LogP contribution in [0.15, 0.2) is 72.1 Å². The number of amides is 1. The average molecular weight is 536 g/mol. The van der Waals surface area contributed by atoms with Gasteiger partial charge < -0.3 is 24.8 Å². The Labute approximate surface area is 223 Å². The second-order valence-electron chi connectivity index (χ2n) is 8.35. The predicted octanol–water partition coefficient (Wildman–Crippen LogP) is 5.51. The highest BCUT2D eigenvalue weighted by atomic mass is 32.1. The minimum Gasteiger partial charge on any atom is -0.497 e. The Morgan fingerprint density at radius 3 is 2.47 bits per heavy atom. The molecule has 0 bridgehead atoms. The number of ether oxygens (including phenoxy) is 2. The molecule has 1 aromatic heterocycles. The molecule has 1 heterocycles. The number of anilines is 2. The van der Waals surface area contributed by atoms with Crippen molar-refractivity contribution in [2.24, 2.45) is 0 Å². The summed E-state index contributed by atoms with van der Waals surface area (Å²) in [5.41, 5.74) is 2.87. The molecule has 4 aromatic rings. The van der Waals surface area contributed by atoms with Gasteiger partial charge in [0.25, 0.3) is 5.91 Å². The SMILES string of the molecule is COc1ccc(OC)c(-c2csc(N(Cc3ccc(C(=O)NC(C)C(=O)O)cc3)c3ccccc3F)n2)c1. The Kier molecular flexibility index (Phi) is 8.22. The molecule has 8 nitrogen and oxygen atoms in total. The van der Waals surface area contributed by atoms with Crippen LogP contribution in [-0.4, -0.2) is 42.2 Å². The number of benzene rings is 3. The number of methoxy groups -OCH3 is 2. The molecule has 0 saturated carbocycles. The number of aromatic nitrogens is 1. The van der Waals surface area contributed by atoms with E-state index < -0.39 is 23.7 Å². The molecule has 0 spiro atoms. The van der Waals surface area contributed by atoms with E-state index in [2.05, 4.69) is 5.32 Å². The number of hydrogen-bond donors (Lipinski definition) is 2. The van der Waals surface area contributed by atoms with Crippen LogP contribution in [0.2, 0.25) is 0 Å². The van der Waals surface area contributed by atoms with E-state index in [1.54, 1.807) is 73.7 Å². The number of carboxylic acid groups (broad SMARTS) is 1. The first-order chi connectivity index (χ1) is 18.3. The van der Waals surface area contributed by atoms with Gasteiger partial charge in [0.05, 0.1) is 32.1 Å². The molecule has 38 heavy (non-hydrogen) atoms. The smallest absolute Gasteiger partial charge is 0.325 e. The lowest BCUT2D eigenvalue weighted by atomic mass is 10.1. The van der Waals surface area contributed by atoms with Crippen LogP contribution in [0.5, 0.6) is 11.5 Å². The van der Waals surface area contributed by atoms with Gasteiger partial charge in [0, 0.05) is 16.5 Å². The number of halogens is 1. The highest BCUT2D eigenvalue weighted by molar-refractivity contribution is 7.14. The fourth-order valence-electron chi connectivity index (χ4n) is 3.74. The Morgan fingerprint density at radius 2 is 1.82 bits per heavy atom. The molecule has 0 aliphatic carbocycles. The first-order valence-corrected chi connectivity index (χ1v) is 12.5. The van der Waals surface area contributed by atoms with Crippen molar-refractivity contribution in [3.8, 4) is 22.8 Å². The molecule has 1 atom stereocenters. The molecule has 0 radical (unpaired) electrons. The zero-order valence-electron chi connectivity index (χ0n) is 21.0. The van der Waals surface area contributed by atoms with E-state index in [-0.39, 0.29) is 6.54 Å². The van der Waals surface area contributed by atoms with E-state index in [9.17, 15) is 14.0 Å². The van der Waals surface area contributed by atoms with E-state index in [1.165, 1.54) is 24.3 Å². The van der Waals surface area contributed by atoms with Crippen LogP contribution in [0.4, 0.5) is 15.2 Å². The fraction of sp³-hybridized carbons (Fsp3) is 0.179. The van der Waals surface area contributed by atoms with E-state index in [1.807, 2.05) is 11.4 Å². The van der Waals surface area contributed by atoms with E-state index in [0.29, 0.717) is 33.6 Å². The molecule has 3 aromatic carbocycles.